The molecule has 0 spiro atoms. The molecule has 0 aromatic carbocycles. The van der Waals surface area contributed by atoms with Crippen LogP contribution in [0.25, 0.3) is 0 Å². The molecule has 2 aliphatic heterocycles. The summed E-state index contributed by atoms with van der Waals surface area (Å²) in [4.78, 5) is 16.7. The lowest BCUT2D eigenvalue weighted by molar-refractivity contribution is -0.138. The van der Waals surface area contributed by atoms with Crippen molar-refractivity contribution >= 4 is 5.91 Å². The fraction of sp³-hybridized carbons (Fsp3) is 0.923. The Labute approximate surface area is 98.8 Å². The molecule has 2 heterocycles. The number of hydrogen-bond acceptors (Lipinski definition) is 2. The van der Waals surface area contributed by atoms with Gasteiger partial charge in [0.2, 0.25) is 5.91 Å². The van der Waals surface area contributed by atoms with Gasteiger partial charge in [-0.2, -0.15) is 0 Å². The van der Waals surface area contributed by atoms with Crippen LogP contribution in [0, 0.1) is 11.8 Å². The largest absolute Gasteiger partial charge is 0.342 e. The van der Waals surface area contributed by atoms with Gasteiger partial charge in [-0.3, -0.25) is 4.79 Å². The Morgan fingerprint density at radius 3 is 2.56 bits per heavy atom. The number of likely N-dealkylation sites (tertiary alicyclic amines) is 2. The highest BCUT2D eigenvalue weighted by Crippen LogP contribution is 2.22. The van der Waals surface area contributed by atoms with E-state index in [2.05, 4.69) is 23.8 Å². The minimum atomic E-state index is 0.268. The van der Waals surface area contributed by atoms with Crippen LogP contribution in [0.15, 0.2) is 0 Å². The molecule has 1 amide bonds. The minimum Gasteiger partial charge on any atom is -0.342 e. The first-order chi connectivity index (χ1) is 7.66. The predicted molar refractivity (Wildman–Crippen MR) is 65.2 cm³/mol. The Hall–Kier alpha value is -0.570. The molecule has 0 radical (unpaired) electrons. The van der Waals surface area contributed by atoms with E-state index in [0.717, 1.165) is 32.6 Å². The molecule has 0 N–H and O–H groups in total. The summed E-state index contributed by atoms with van der Waals surface area (Å²) in [6, 6.07) is 0. The molecule has 0 bridgehead atoms. The highest BCUT2D eigenvalue weighted by atomic mass is 16.2. The Morgan fingerprint density at radius 1 is 1.12 bits per heavy atom. The summed E-state index contributed by atoms with van der Waals surface area (Å²) in [7, 11) is 2.12. The Balaban J connectivity index is 1.90. The zero-order chi connectivity index (χ0) is 11.5. The second kappa shape index (κ2) is 5.17. The summed E-state index contributed by atoms with van der Waals surface area (Å²) in [6.07, 6.45) is 4.74. The maximum atomic E-state index is 12.3. The van der Waals surface area contributed by atoms with Crippen LogP contribution >= 0.6 is 0 Å². The molecule has 2 fully saturated rings. The number of piperidine rings is 2. The number of carbonyl (C=O) groups is 1. The summed E-state index contributed by atoms with van der Waals surface area (Å²) in [6.45, 7) is 6.35. The molecule has 92 valence electrons. The summed E-state index contributed by atoms with van der Waals surface area (Å²) in [5.74, 6) is 1.38. The lowest BCUT2D eigenvalue weighted by atomic mass is 9.94. The van der Waals surface area contributed by atoms with Crippen molar-refractivity contribution in [2.45, 2.75) is 32.6 Å². The number of hydrogen-bond donors (Lipinski definition) is 0. The van der Waals surface area contributed by atoms with Gasteiger partial charge in [-0.1, -0.05) is 6.92 Å². The molecule has 3 heteroatoms. The molecule has 16 heavy (non-hydrogen) atoms. The topological polar surface area (TPSA) is 23.6 Å². The van der Waals surface area contributed by atoms with Crippen LogP contribution in [0.1, 0.15) is 32.6 Å². The minimum absolute atomic E-state index is 0.268. The molecule has 0 aromatic heterocycles. The third-order valence-corrected chi connectivity index (χ3v) is 3.94. The lowest BCUT2D eigenvalue weighted by Crippen LogP contribution is -2.46. The second-order valence-electron chi connectivity index (χ2n) is 5.63. The summed E-state index contributed by atoms with van der Waals surface area (Å²) >= 11 is 0. The third kappa shape index (κ3) is 2.76. The second-order valence-corrected chi connectivity index (χ2v) is 5.63. The quantitative estimate of drug-likeness (QED) is 0.675. The van der Waals surface area contributed by atoms with E-state index in [1.54, 1.807) is 0 Å². The first kappa shape index (κ1) is 11.9. The number of nitrogens with zero attached hydrogens (tertiary/aromatic N) is 2. The molecule has 0 aliphatic carbocycles. The highest BCUT2D eigenvalue weighted by Gasteiger charge is 2.29. The maximum Gasteiger partial charge on any atom is 0.226 e. The van der Waals surface area contributed by atoms with Crippen molar-refractivity contribution in [3.05, 3.63) is 0 Å². The smallest absolute Gasteiger partial charge is 0.226 e. The van der Waals surface area contributed by atoms with Crippen LogP contribution in [-0.2, 0) is 4.79 Å². The van der Waals surface area contributed by atoms with E-state index < -0.39 is 0 Å². The van der Waals surface area contributed by atoms with Gasteiger partial charge in [0.15, 0.2) is 0 Å². The van der Waals surface area contributed by atoms with Gasteiger partial charge in [0.1, 0.15) is 0 Å². The van der Waals surface area contributed by atoms with Crippen molar-refractivity contribution in [1.82, 2.24) is 9.80 Å². The van der Waals surface area contributed by atoms with E-state index in [1.807, 2.05) is 0 Å². The van der Waals surface area contributed by atoms with E-state index in [0.29, 0.717) is 11.8 Å². The zero-order valence-electron chi connectivity index (χ0n) is 10.6. The van der Waals surface area contributed by atoms with Gasteiger partial charge in [0.25, 0.3) is 0 Å². The Morgan fingerprint density at radius 2 is 1.88 bits per heavy atom. The van der Waals surface area contributed by atoms with E-state index >= 15 is 0 Å². The van der Waals surface area contributed by atoms with Crippen LogP contribution in [0.5, 0.6) is 0 Å². The number of amides is 1. The monoisotopic (exact) mass is 224 g/mol. The lowest BCUT2D eigenvalue weighted by Gasteiger charge is -2.36. The van der Waals surface area contributed by atoms with Crippen LogP contribution in [0.3, 0.4) is 0 Å². The molecular weight excluding hydrogens is 200 g/mol. The third-order valence-electron chi connectivity index (χ3n) is 3.94. The molecule has 2 aliphatic rings. The van der Waals surface area contributed by atoms with Crippen LogP contribution in [0.2, 0.25) is 0 Å². The van der Waals surface area contributed by atoms with Gasteiger partial charge in [-0.15, -0.1) is 0 Å². The average Bonchev–Trinajstić information content (AvgIpc) is 2.28. The Kier molecular flexibility index (Phi) is 3.85. The first-order valence-electron chi connectivity index (χ1n) is 6.64. The van der Waals surface area contributed by atoms with Crippen molar-refractivity contribution in [1.29, 1.82) is 0 Å². The van der Waals surface area contributed by atoms with E-state index in [4.69, 9.17) is 0 Å². The Bertz CT molecular complexity index is 230. The molecule has 2 rings (SSSR count). The molecular formula is C13H24N2O. The number of rotatable bonds is 1. The van der Waals surface area contributed by atoms with Crippen molar-refractivity contribution in [3.63, 3.8) is 0 Å². The van der Waals surface area contributed by atoms with E-state index in [-0.39, 0.29) is 5.92 Å². The fourth-order valence-electron chi connectivity index (χ4n) is 3.02. The molecule has 3 nitrogen and oxygen atoms in total. The van der Waals surface area contributed by atoms with Crippen LogP contribution in [0.4, 0.5) is 0 Å². The van der Waals surface area contributed by atoms with Gasteiger partial charge in [-0.05, 0) is 45.2 Å². The van der Waals surface area contributed by atoms with Gasteiger partial charge in [0.05, 0.1) is 5.92 Å². The molecule has 0 aromatic rings. The molecule has 0 unspecified atom stereocenters. The first-order valence-corrected chi connectivity index (χ1v) is 6.64. The molecule has 2 atom stereocenters. The highest BCUT2D eigenvalue weighted by molar-refractivity contribution is 5.79. The molecule has 2 saturated heterocycles. The SMILES string of the molecule is C[C@@H]1CCCN(C(=O)[C@H]2CCCN(C)C2)C1. The standard InChI is InChI=1S/C13H24N2O/c1-11-5-3-8-15(9-11)13(16)12-6-4-7-14(2)10-12/h11-12H,3-10H2,1-2H3/t11-,12+/m1/s1. The van der Waals surface area contributed by atoms with Crippen molar-refractivity contribution < 1.29 is 4.79 Å². The molecule has 0 saturated carbocycles. The predicted octanol–water partition coefficient (Wildman–Crippen LogP) is 1.59. The van der Waals surface area contributed by atoms with Crippen LogP contribution < -0.4 is 0 Å². The zero-order valence-corrected chi connectivity index (χ0v) is 10.6. The van der Waals surface area contributed by atoms with Crippen molar-refractivity contribution in [3.8, 4) is 0 Å². The normalized spacial score (nSPS) is 32.8. The van der Waals surface area contributed by atoms with Gasteiger partial charge >= 0.3 is 0 Å². The maximum absolute atomic E-state index is 12.3. The summed E-state index contributed by atoms with van der Waals surface area (Å²) < 4.78 is 0. The van der Waals surface area contributed by atoms with E-state index in [1.165, 1.54) is 19.3 Å². The van der Waals surface area contributed by atoms with Crippen molar-refractivity contribution in [2.75, 3.05) is 33.2 Å². The number of carbonyl (C=O) groups excluding carboxylic acids is 1. The van der Waals surface area contributed by atoms with Gasteiger partial charge in [-0.25, -0.2) is 0 Å². The van der Waals surface area contributed by atoms with Gasteiger partial charge < -0.3 is 9.80 Å². The van der Waals surface area contributed by atoms with Crippen molar-refractivity contribution in [2.24, 2.45) is 11.8 Å². The van der Waals surface area contributed by atoms with E-state index in [9.17, 15) is 4.79 Å². The summed E-state index contributed by atoms with van der Waals surface area (Å²) in [5, 5.41) is 0. The summed E-state index contributed by atoms with van der Waals surface area (Å²) in [5.41, 5.74) is 0. The average molecular weight is 224 g/mol. The fourth-order valence-corrected chi connectivity index (χ4v) is 3.02. The van der Waals surface area contributed by atoms with Crippen LogP contribution in [-0.4, -0.2) is 48.9 Å². The van der Waals surface area contributed by atoms with Gasteiger partial charge in [0, 0.05) is 19.6 Å².